The Morgan fingerprint density at radius 3 is 2.56 bits per heavy atom. The quantitative estimate of drug-likeness (QED) is 0.407. The van der Waals surface area contributed by atoms with Crippen molar-refractivity contribution in [3.8, 4) is 0 Å². The number of fused-ring (bicyclic) bond motifs is 3. The zero-order chi connectivity index (χ0) is 23.8. The molecule has 172 valence electrons. The van der Waals surface area contributed by atoms with Gasteiger partial charge in [0.25, 0.3) is 0 Å². The van der Waals surface area contributed by atoms with Crippen LogP contribution in [0.3, 0.4) is 0 Å². The first-order valence-electron chi connectivity index (χ1n) is 11.3. The molecular formula is C27H25ClN4O2. The van der Waals surface area contributed by atoms with Gasteiger partial charge in [0.15, 0.2) is 0 Å². The second-order valence-electron chi connectivity index (χ2n) is 8.69. The minimum atomic E-state index is -0.691. The molecular weight excluding hydrogens is 448 g/mol. The number of amides is 2. The first kappa shape index (κ1) is 22.2. The van der Waals surface area contributed by atoms with Crippen LogP contribution in [0.15, 0.2) is 72.8 Å². The van der Waals surface area contributed by atoms with Crippen LogP contribution in [0.5, 0.6) is 0 Å². The largest absolute Gasteiger partial charge is 0.327 e. The first-order chi connectivity index (χ1) is 16.4. The molecule has 0 aliphatic carbocycles. The lowest BCUT2D eigenvalue weighted by molar-refractivity contribution is -0.142. The predicted molar refractivity (Wildman–Crippen MR) is 134 cm³/mol. The van der Waals surface area contributed by atoms with Gasteiger partial charge in [0, 0.05) is 17.3 Å². The molecule has 3 aromatic carbocycles. The second kappa shape index (κ2) is 8.95. The van der Waals surface area contributed by atoms with Gasteiger partial charge >= 0.3 is 0 Å². The van der Waals surface area contributed by atoms with Crippen LogP contribution in [-0.2, 0) is 16.1 Å². The molecule has 0 fully saturated rings. The Hall–Kier alpha value is -3.64. The highest BCUT2D eigenvalue weighted by Gasteiger charge is 2.40. The van der Waals surface area contributed by atoms with E-state index < -0.39 is 6.04 Å². The number of nitrogens with one attached hydrogen (secondary N) is 1. The number of carbonyl (C=O) groups excluding carboxylic acids is 2. The summed E-state index contributed by atoms with van der Waals surface area (Å²) >= 11 is 6.22. The normalized spacial score (nSPS) is 17.6. The van der Waals surface area contributed by atoms with Crippen molar-refractivity contribution >= 4 is 40.1 Å². The number of aromatic nitrogens is 2. The van der Waals surface area contributed by atoms with Gasteiger partial charge in [0.2, 0.25) is 11.8 Å². The van der Waals surface area contributed by atoms with E-state index in [1.807, 2.05) is 90.0 Å². The van der Waals surface area contributed by atoms with Crippen LogP contribution in [0.4, 0.5) is 5.69 Å². The average molecular weight is 473 g/mol. The van der Waals surface area contributed by atoms with Gasteiger partial charge in [-0.15, -0.1) is 0 Å². The molecule has 5 rings (SSSR count). The van der Waals surface area contributed by atoms with Crippen molar-refractivity contribution < 1.29 is 9.59 Å². The molecule has 4 aromatic rings. The van der Waals surface area contributed by atoms with Gasteiger partial charge in [0.1, 0.15) is 11.9 Å². The van der Waals surface area contributed by atoms with Crippen LogP contribution in [0, 0.1) is 6.92 Å². The number of benzene rings is 3. The number of rotatable bonds is 5. The lowest BCUT2D eigenvalue weighted by atomic mass is 10.0. The maximum atomic E-state index is 13.8. The minimum Gasteiger partial charge on any atom is -0.327 e. The third-order valence-corrected chi connectivity index (χ3v) is 6.78. The Morgan fingerprint density at radius 1 is 1.06 bits per heavy atom. The molecule has 0 radical (unpaired) electrons. The Kier molecular flexibility index (Phi) is 5.84. The zero-order valence-electron chi connectivity index (χ0n) is 19.0. The van der Waals surface area contributed by atoms with E-state index in [4.69, 9.17) is 16.6 Å². The Balaban J connectivity index is 1.50. The van der Waals surface area contributed by atoms with Crippen molar-refractivity contribution in [1.82, 2.24) is 14.5 Å². The highest BCUT2D eigenvalue weighted by molar-refractivity contribution is 6.31. The van der Waals surface area contributed by atoms with Crippen molar-refractivity contribution in [2.45, 2.75) is 38.9 Å². The highest BCUT2D eigenvalue weighted by atomic mass is 35.5. The molecule has 0 bridgehead atoms. The number of imidazole rings is 1. The molecule has 2 heterocycles. The first-order valence-corrected chi connectivity index (χ1v) is 11.7. The molecule has 0 unspecified atom stereocenters. The summed E-state index contributed by atoms with van der Waals surface area (Å²) in [5, 5.41) is 3.48. The van der Waals surface area contributed by atoms with Crippen molar-refractivity contribution in [3.63, 3.8) is 0 Å². The zero-order valence-corrected chi connectivity index (χ0v) is 19.8. The van der Waals surface area contributed by atoms with E-state index in [2.05, 4.69) is 5.32 Å². The molecule has 2 amide bonds. The van der Waals surface area contributed by atoms with Crippen molar-refractivity contribution in [1.29, 1.82) is 0 Å². The van der Waals surface area contributed by atoms with E-state index in [1.165, 1.54) is 0 Å². The van der Waals surface area contributed by atoms with Crippen LogP contribution < -0.4 is 5.32 Å². The van der Waals surface area contributed by atoms with Crippen LogP contribution >= 0.6 is 11.6 Å². The number of hydrogen-bond donors (Lipinski definition) is 1. The molecule has 2 atom stereocenters. The topological polar surface area (TPSA) is 67.2 Å². The number of halogens is 1. The van der Waals surface area contributed by atoms with Crippen molar-refractivity contribution in [3.05, 3.63) is 94.8 Å². The maximum absolute atomic E-state index is 13.8. The summed E-state index contributed by atoms with van der Waals surface area (Å²) in [6.07, 6.45) is -0.00427. The van der Waals surface area contributed by atoms with Crippen LogP contribution in [0.1, 0.15) is 42.4 Å². The van der Waals surface area contributed by atoms with E-state index in [9.17, 15) is 9.59 Å². The molecule has 6 nitrogen and oxygen atoms in total. The maximum Gasteiger partial charge on any atom is 0.247 e. The molecule has 1 aromatic heterocycles. The third kappa shape index (κ3) is 4.05. The molecule has 0 saturated carbocycles. The minimum absolute atomic E-state index is 0.00427. The molecule has 34 heavy (non-hydrogen) atoms. The summed E-state index contributed by atoms with van der Waals surface area (Å²) in [5.74, 6) is 0.438. The fourth-order valence-corrected chi connectivity index (χ4v) is 4.73. The summed E-state index contributed by atoms with van der Waals surface area (Å²) in [6.45, 7) is 4.35. The molecule has 7 heteroatoms. The van der Waals surface area contributed by atoms with Gasteiger partial charge in [-0.3, -0.25) is 9.59 Å². The van der Waals surface area contributed by atoms with Crippen LogP contribution in [0.2, 0.25) is 5.02 Å². The van der Waals surface area contributed by atoms with Gasteiger partial charge in [-0.25, -0.2) is 4.98 Å². The molecule has 0 spiro atoms. The average Bonchev–Trinajstić information content (AvgIpc) is 3.22. The summed E-state index contributed by atoms with van der Waals surface area (Å²) in [4.78, 5) is 33.5. The van der Waals surface area contributed by atoms with E-state index in [0.717, 1.165) is 28.0 Å². The van der Waals surface area contributed by atoms with Crippen LogP contribution in [-0.4, -0.2) is 26.3 Å². The number of hydrogen-bond acceptors (Lipinski definition) is 3. The van der Waals surface area contributed by atoms with E-state index in [0.29, 0.717) is 17.3 Å². The number of para-hydroxylation sites is 2. The Labute approximate surface area is 203 Å². The lowest BCUT2D eigenvalue weighted by Crippen LogP contribution is -2.45. The van der Waals surface area contributed by atoms with Crippen LogP contribution in [0.25, 0.3) is 11.0 Å². The van der Waals surface area contributed by atoms with Gasteiger partial charge in [-0.2, -0.15) is 0 Å². The van der Waals surface area contributed by atoms with E-state index in [-0.39, 0.29) is 24.3 Å². The van der Waals surface area contributed by atoms with E-state index >= 15 is 0 Å². The molecule has 0 saturated heterocycles. The predicted octanol–water partition coefficient (Wildman–Crippen LogP) is 5.67. The summed E-state index contributed by atoms with van der Waals surface area (Å²) in [6, 6.07) is 22.1. The third-order valence-electron chi connectivity index (χ3n) is 6.37. The Bertz CT molecular complexity index is 1380. The summed E-state index contributed by atoms with van der Waals surface area (Å²) < 4.78 is 1.94. The van der Waals surface area contributed by atoms with Gasteiger partial charge in [0.05, 0.1) is 23.5 Å². The monoisotopic (exact) mass is 472 g/mol. The van der Waals surface area contributed by atoms with Gasteiger partial charge < -0.3 is 14.8 Å². The number of nitrogens with zero attached hydrogens (tertiary/aromatic N) is 3. The number of aryl methyl sites for hydroxylation is 1. The fourth-order valence-electron chi connectivity index (χ4n) is 4.55. The second-order valence-corrected chi connectivity index (χ2v) is 9.10. The van der Waals surface area contributed by atoms with Gasteiger partial charge in [-0.05, 0) is 49.2 Å². The summed E-state index contributed by atoms with van der Waals surface area (Å²) in [5.41, 5.74) is 4.24. The smallest absolute Gasteiger partial charge is 0.247 e. The lowest BCUT2D eigenvalue weighted by Gasteiger charge is -2.38. The summed E-state index contributed by atoms with van der Waals surface area (Å²) in [7, 11) is 0. The Morgan fingerprint density at radius 2 is 1.79 bits per heavy atom. The standard InChI is InChI=1S/C27H25ClN4O2/c1-17-12-13-20(14-21(17)28)29-25(33)15-24-27(34)31(16-19-8-4-3-5-9-19)18(2)26-30-22-10-6-7-11-23(22)32(24)26/h3-14,18,24H,15-16H2,1-2H3,(H,29,33)/t18-,24-/m1/s1. The highest BCUT2D eigenvalue weighted by Crippen LogP contribution is 2.37. The van der Waals surface area contributed by atoms with Gasteiger partial charge in [-0.1, -0.05) is 60.1 Å². The molecule has 1 aliphatic heterocycles. The number of carbonyl (C=O) groups is 2. The molecule has 1 aliphatic rings. The van der Waals surface area contributed by atoms with Crippen molar-refractivity contribution in [2.24, 2.45) is 0 Å². The number of anilines is 1. The fraction of sp³-hybridized carbons (Fsp3) is 0.222. The van der Waals surface area contributed by atoms with Crippen molar-refractivity contribution in [2.75, 3.05) is 5.32 Å². The SMILES string of the molecule is Cc1ccc(NC(=O)C[C@@H]2C(=O)N(Cc3ccccc3)[C@H](C)c3nc4ccccc4n32)cc1Cl. The molecule has 1 N–H and O–H groups in total. The van der Waals surface area contributed by atoms with E-state index in [1.54, 1.807) is 6.07 Å².